The SMILES string of the molecule is CNc1cc(Oc2cccc(-c3ccccc3)c2)nc(C(F)(F)F)c1. The van der Waals surface area contributed by atoms with Crippen molar-refractivity contribution in [2.45, 2.75) is 6.18 Å². The highest BCUT2D eigenvalue weighted by Crippen LogP contribution is 2.33. The van der Waals surface area contributed by atoms with Crippen LogP contribution >= 0.6 is 0 Å². The van der Waals surface area contributed by atoms with Gasteiger partial charge in [-0.2, -0.15) is 13.2 Å². The van der Waals surface area contributed by atoms with Crippen LogP contribution in [0.2, 0.25) is 0 Å². The molecule has 1 N–H and O–H groups in total. The van der Waals surface area contributed by atoms with Crippen molar-refractivity contribution in [3.05, 3.63) is 72.4 Å². The summed E-state index contributed by atoms with van der Waals surface area (Å²) in [7, 11) is 1.54. The Kier molecular flexibility index (Phi) is 4.61. The minimum atomic E-state index is -4.54. The number of hydrogen-bond donors (Lipinski definition) is 1. The number of ether oxygens (including phenoxy) is 1. The maximum Gasteiger partial charge on any atom is 0.433 e. The second-order valence-electron chi connectivity index (χ2n) is 5.32. The number of halogens is 3. The summed E-state index contributed by atoms with van der Waals surface area (Å²) < 4.78 is 44.5. The van der Waals surface area contributed by atoms with Crippen LogP contribution in [0.25, 0.3) is 11.1 Å². The van der Waals surface area contributed by atoms with E-state index in [9.17, 15) is 13.2 Å². The van der Waals surface area contributed by atoms with E-state index < -0.39 is 11.9 Å². The maximum absolute atomic E-state index is 13.0. The molecule has 128 valence electrons. The third kappa shape index (κ3) is 4.09. The summed E-state index contributed by atoms with van der Waals surface area (Å²) in [4.78, 5) is 3.56. The first-order chi connectivity index (χ1) is 12.0. The Bertz CT molecular complexity index is 864. The van der Waals surface area contributed by atoms with E-state index in [1.54, 1.807) is 18.2 Å². The standard InChI is InChI=1S/C19H15F3N2O/c1-23-15-11-17(19(20,21)22)24-18(12-15)25-16-9-5-8-14(10-16)13-6-3-2-4-7-13/h2-12H,1H3,(H,23,24). The minimum Gasteiger partial charge on any atom is -0.439 e. The Hall–Kier alpha value is -3.02. The van der Waals surface area contributed by atoms with Crippen LogP contribution in [0.3, 0.4) is 0 Å². The van der Waals surface area contributed by atoms with Gasteiger partial charge in [-0.3, -0.25) is 0 Å². The van der Waals surface area contributed by atoms with Crippen LogP contribution in [-0.2, 0) is 6.18 Å². The largest absolute Gasteiger partial charge is 0.439 e. The summed E-state index contributed by atoms with van der Waals surface area (Å²) in [6.07, 6.45) is -4.54. The molecular weight excluding hydrogens is 329 g/mol. The van der Waals surface area contributed by atoms with Gasteiger partial charge in [0.2, 0.25) is 5.88 Å². The summed E-state index contributed by atoms with van der Waals surface area (Å²) in [5.74, 6) is 0.291. The van der Waals surface area contributed by atoms with Crippen molar-refractivity contribution >= 4 is 5.69 Å². The molecule has 3 rings (SSSR count). The molecule has 2 aromatic carbocycles. The van der Waals surface area contributed by atoms with Gasteiger partial charge >= 0.3 is 6.18 Å². The first kappa shape index (κ1) is 16.8. The Morgan fingerprint density at radius 3 is 2.28 bits per heavy atom. The van der Waals surface area contributed by atoms with Crippen molar-refractivity contribution in [3.8, 4) is 22.8 Å². The molecule has 0 aliphatic rings. The Morgan fingerprint density at radius 1 is 0.880 bits per heavy atom. The average Bonchev–Trinajstić information content (AvgIpc) is 2.61. The molecule has 0 saturated carbocycles. The fraction of sp³-hybridized carbons (Fsp3) is 0.105. The molecule has 0 aliphatic carbocycles. The predicted molar refractivity (Wildman–Crippen MR) is 90.7 cm³/mol. The number of nitrogens with zero attached hydrogens (tertiary/aromatic N) is 1. The number of rotatable bonds is 4. The quantitative estimate of drug-likeness (QED) is 0.669. The van der Waals surface area contributed by atoms with Crippen molar-refractivity contribution < 1.29 is 17.9 Å². The van der Waals surface area contributed by atoms with Crippen LogP contribution in [0.4, 0.5) is 18.9 Å². The Balaban J connectivity index is 1.92. The normalized spacial score (nSPS) is 11.2. The molecule has 0 bridgehead atoms. The van der Waals surface area contributed by atoms with E-state index in [0.29, 0.717) is 5.75 Å². The van der Waals surface area contributed by atoms with Gasteiger partial charge in [-0.05, 0) is 29.3 Å². The van der Waals surface area contributed by atoms with Gasteiger partial charge in [-0.1, -0.05) is 42.5 Å². The second kappa shape index (κ2) is 6.84. The van der Waals surface area contributed by atoms with E-state index >= 15 is 0 Å². The van der Waals surface area contributed by atoms with E-state index in [-0.39, 0.29) is 11.6 Å². The highest BCUT2D eigenvalue weighted by Gasteiger charge is 2.33. The number of alkyl halides is 3. The van der Waals surface area contributed by atoms with Gasteiger partial charge in [0.05, 0.1) is 0 Å². The monoisotopic (exact) mass is 344 g/mol. The van der Waals surface area contributed by atoms with Gasteiger partial charge in [0.25, 0.3) is 0 Å². The summed E-state index contributed by atoms with van der Waals surface area (Å²) >= 11 is 0. The fourth-order valence-electron chi connectivity index (χ4n) is 2.34. The lowest BCUT2D eigenvalue weighted by atomic mass is 10.1. The van der Waals surface area contributed by atoms with E-state index in [1.807, 2.05) is 36.4 Å². The smallest absolute Gasteiger partial charge is 0.433 e. The first-order valence-electron chi connectivity index (χ1n) is 7.56. The first-order valence-corrected chi connectivity index (χ1v) is 7.56. The highest BCUT2D eigenvalue weighted by atomic mass is 19.4. The van der Waals surface area contributed by atoms with E-state index in [2.05, 4.69) is 10.3 Å². The van der Waals surface area contributed by atoms with Gasteiger partial charge < -0.3 is 10.1 Å². The summed E-state index contributed by atoms with van der Waals surface area (Å²) in [5, 5.41) is 2.68. The zero-order chi connectivity index (χ0) is 17.9. The molecule has 1 aromatic heterocycles. The molecule has 0 atom stereocenters. The third-order valence-electron chi connectivity index (χ3n) is 3.54. The number of aromatic nitrogens is 1. The summed E-state index contributed by atoms with van der Waals surface area (Å²) in [5.41, 5.74) is 1.16. The van der Waals surface area contributed by atoms with Crippen LogP contribution in [0, 0.1) is 0 Å². The Labute approximate surface area is 143 Å². The minimum absolute atomic E-state index is 0.121. The number of benzene rings is 2. The Morgan fingerprint density at radius 2 is 1.60 bits per heavy atom. The number of nitrogens with one attached hydrogen (secondary N) is 1. The molecule has 0 unspecified atom stereocenters. The highest BCUT2D eigenvalue weighted by molar-refractivity contribution is 5.65. The molecule has 3 aromatic rings. The lowest BCUT2D eigenvalue weighted by molar-refractivity contribution is -0.141. The van der Waals surface area contributed by atoms with Crippen molar-refractivity contribution in [1.82, 2.24) is 4.98 Å². The number of pyridine rings is 1. The molecule has 1 heterocycles. The van der Waals surface area contributed by atoms with Crippen molar-refractivity contribution in [2.75, 3.05) is 12.4 Å². The van der Waals surface area contributed by atoms with E-state index in [0.717, 1.165) is 17.2 Å². The lowest BCUT2D eigenvalue weighted by Gasteiger charge is -2.12. The number of anilines is 1. The molecule has 6 heteroatoms. The molecular formula is C19H15F3N2O. The van der Waals surface area contributed by atoms with Gasteiger partial charge in [0, 0.05) is 18.8 Å². The van der Waals surface area contributed by atoms with Gasteiger partial charge in [-0.15, -0.1) is 0 Å². The topological polar surface area (TPSA) is 34.1 Å². The van der Waals surface area contributed by atoms with Crippen LogP contribution in [0.1, 0.15) is 5.69 Å². The molecule has 25 heavy (non-hydrogen) atoms. The van der Waals surface area contributed by atoms with Crippen LogP contribution in [0.5, 0.6) is 11.6 Å². The average molecular weight is 344 g/mol. The zero-order valence-electron chi connectivity index (χ0n) is 13.3. The third-order valence-corrected chi connectivity index (χ3v) is 3.54. The van der Waals surface area contributed by atoms with Gasteiger partial charge in [-0.25, -0.2) is 4.98 Å². The van der Waals surface area contributed by atoms with Crippen molar-refractivity contribution in [2.24, 2.45) is 0 Å². The number of hydrogen-bond acceptors (Lipinski definition) is 3. The van der Waals surface area contributed by atoms with Crippen LogP contribution in [-0.4, -0.2) is 12.0 Å². The zero-order valence-corrected chi connectivity index (χ0v) is 13.3. The molecule has 0 aliphatic heterocycles. The van der Waals surface area contributed by atoms with E-state index in [1.165, 1.54) is 13.1 Å². The maximum atomic E-state index is 13.0. The molecule has 0 amide bonds. The molecule has 0 radical (unpaired) electrons. The second-order valence-corrected chi connectivity index (χ2v) is 5.32. The van der Waals surface area contributed by atoms with Crippen LogP contribution < -0.4 is 10.1 Å². The van der Waals surface area contributed by atoms with Crippen LogP contribution in [0.15, 0.2) is 66.7 Å². The van der Waals surface area contributed by atoms with Crippen molar-refractivity contribution in [1.29, 1.82) is 0 Å². The summed E-state index contributed by atoms with van der Waals surface area (Å²) in [6, 6.07) is 19.1. The molecule has 0 fully saturated rings. The van der Waals surface area contributed by atoms with Gasteiger partial charge in [0.1, 0.15) is 5.75 Å². The molecule has 3 nitrogen and oxygen atoms in total. The summed E-state index contributed by atoms with van der Waals surface area (Å²) in [6.45, 7) is 0. The fourth-order valence-corrected chi connectivity index (χ4v) is 2.34. The van der Waals surface area contributed by atoms with E-state index in [4.69, 9.17) is 4.74 Å². The molecule has 0 saturated heterocycles. The predicted octanol–water partition coefficient (Wildman–Crippen LogP) is 5.60. The lowest BCUT2D eigenvalue weighted by Crippen LogP contribution is -2.09. The van der Waals surface area contributed by atoms with Gasteiger partial charge in [0.15, 0.2) is 5.69 Å². The molecule has 0 spiro atoms. The van der Waals surface area contributed by atoms with Crippen molar-refractivity contribution in [3.63, 3.8) is 0 Å².